The van der Waals surface area contributed by atoms with Crippen LogP contribution in [0, 0.1) is 28.6 Å². The van der Waals surface area contributed by atoms with Gasteiger partial charge in [-0.3, -0.25) is 9.59 Å². The second-order valence-corrected chi connectivity index (χ2v) is 18.6. The molecule has 3 aliphatic carbocycles. The minimum Gasteiger partial charge on any atom is -0.453 e. The highest BCUT2D eigenvalue weighted by atomic mass is 19.3. The van der Waals surface area contributed by atoms with Gasteiger partial charge < -0.3 is 39.9 Å². The zero-order valence-corrected chi connectivity index (χ0v) is 36.4. The van der Waals surface area contributed by atoms with Crippen molar-refractivity contribution >= 4 is 35.0 Å². The second kappa shape index (κ2) is 15.7. The van der Waals surface area contributed by atoms with E-state index in [2.05, 4.69) is 25.6 Å². The van der Waals surface area contributed by atoms with Crippen molar-refractivity contribution in [2.24, 2.45) is 17.3 Å². The third-order valence-corrected chi connectivity index (χ3v) is 14.4. The first kappa shape index (κ1) is 42.1. The van der Waals surface area contributed by atoms with Crippen LogP contribution >= 0.6 is 0 Å². The summed E-state index contributed by atoms with van der Waals surface area (Å²) in [6.07, 6.45) is 5.15. The van der Waals surface area contributed by atoms with E-state index in [-0.39, 0.29) is 64.7 Å². The number of methoxy groups -OCH3 is 2. The molecule has 5 aliphatic rings. The molecule has 4 amide bonds. The molecule has 2 saturated carbocycles. The summed E-state index contributed by atoms with van der Waals surface area (Å²) in [7, 11) is 2.46. The number of alkyl carbamates (subject to hydrolysis) is 2. The highest BCUT2D eigenvalue weighted by molar-refractivity contribution is 5.89. The molecule has 2 aliphatic heterocycles. The lowest BCUT2D eigenvalue weighted by molar-refractivity contribution is -0.138. The van der Waals surface area contributed by atoms with Crippen LogP contribution in [0.4, 0.5) is 18.4 Å². The molecule has 0 unspecified atom stereocenters. The van der Waals surface area contributed by atoms with Crippen molar-refractivity contribution in [3.8, 4) is 39.6 Å². The first-order valence-corrected chi connectivity index (χ1v) is 22.1. The molecule has 2 bridgehead atoms. The molecule has 17 heteroatoms. The minimum atomic E-state index is -3.31. The van der Waals surface area contributed by atoms with Gasteiger partial charge in [0.25, 0.3) is 5.92 Å². The van der Waals surface area contributed by atoms with Gasteiger partial charge in [-0.25, -0.2) is 19.6 Å². The summed E-state index contributed by atoms with van der Waals surface area (Å²) >= 11 is 0. The molecule has 15 nitrogen and oxygen atoms in total. The van der Waals surface area contributed by atoms with Crippen molar-refractivity contribution in [2.75, 3.05) is 20.8 Å². The summed E-state index contributed by atoms with van der Waals surface area (Å²) in [6, 6.07) is 15.0. The Balaban J connectivity index is 0.895. The maximum atomic E-state index is 16.7. The third kappa shape index (κ3) is 7.13. The molecule has 2 saturated heterocycles. The van der Waals surface area contributed by atoms with Gasteiger partial charge in [-0.15, -0.1) is 0 Å². The van der Waals surface area contributed by atoms with Gasteiger partial charge in [0.15, 0.2) is 0 Å². The maximum absolute atomic E-state index is 16.7. The molecule has 3 aromatic carbocycles. The SMILES string of the molecule is COC(=O)N[C@@H](CC#N)C(=O)N1[C@@H]2CC[C@H](C2)[C@H]1c1nc2ccc(-c3ccc4c(c3)C(F)(F)c3cc(-c5cnc([C@@H]6CC7(CC7)CN6C(=O)[C@@H](NC(=O)OC)C(C)C)[nH]5)ccc3-4)cc2[nH]1. The first-order valence-electron chi connectivity index (χ1n) is 22.1. The van der Waals surface area contributed by atoms with Crippen LogP contribution in [0.2, 0.25) is 0 Å². The molecule has 336 valence electrons. The van der Waals surface area contributed by atoms with Gasteiger partial charge in [0.1, 0.15) is 23.7 Å². The monoisotopic (exact) mass is 885 g/mol. The molecule has 1 spiro atoms. The number of imidazole rings is 2. The number of likely N-dealkylation sites (tertiary alicyclic amines) is 2. The number of benzene rings is 3. The molecule has 5 aromatic rings. The standard InChI is InChI=1S/C48H49F2N9O6/c1-24(2)39(57-46(63)65-4)44(61)58-23-47(14-15-47)21-38(58)41-52-22-37(55-41)27-7-11-31-30-10-6-25(18-32(30)48(49,50)33(31)19-27)26-8-12-34-36(20-26)54-42(53-34)40-28-5-9-29(17-28)59(40)43(60)35(13-16-51)56-45(62)64-3/h6-8,10-12,18-20,22,24,28-29,35,38-40H,5,9,13-15,17,21,23H2,1-4H3,(H,52,55)(H,53,54)(H,56,62)(H,57,63)/t28-,29-,35+,38+,39+,40+/m1/s1. The van der Waals surface area contributed by atoms with Crippen LogP contribution in [0.25, 0.3) is 44.5 Å². The zero-order valence-electron chi connectivity index (χ0n) is 36.4. The predicted octanol–water partition coefficient (Wildman–Crippen LogP) is 7.86. The van der Waals surface area contributed by atoms with E-state index in [1.54, 1.807) is 40.3 Å². The van der Waals surface area contributed by atoms with Crippen molar-refractivity contribution in [1.82, 2.24) is 40.4 Å². The molecule has 6 atom stereocenters. The fourth-order valence-electron chi connectivity index (χ4n) is 10.9. The summed E-state index contributed by atoms with van der Waals surface area (Å²) < 4.78 is 42.8. The quantitative estimate of drug-likeness (QED) is 0.108. The Hall–Kier alpha value is -6.83. The summed E-state index contributed by atoms with van der Waals surface area (Å²) in [5.74, 6) is -2.76. The molecule has 0 radical (unpaired) electrons. The molecule has 4 fully saturated rings. The number of carbonyl (C=O) groups excluding carboxylic acids is 4. The number of H-pyrrole nitrogens is 2. The number of nitriles is 1. The fourth-order valence-corrected chi connectivity index (χ4v) is 10.9. The number of amides is 4. The van der Waals surface area contributed by atoms with Crippen LogP contribution in [0.1, 0.15) is 93.7 Å². The zero-order chi connectivity index (χ0) is 45.5. The number of alkyl halides is 2. The maximum Gasteiger partial charge on any atom is 0.407 e. The molecule has 65 heavy (non-hydrogen) atoms. The number of piperidine rings is 1. The summed E-state index contributed by atoms with van der Waals surface area (Å²) in [4.78, 5) is 71.9. The number of ether oxygens (including phenoxy) is 2. The smallest absolute Gasteiger partial charge is 0.407 e. The van der Waals surface area contributed by atoms with Gasteiger partial charge >= 0.3 is 12.2 Å². The Morgan fingerprint density at radius 2 is 1.57 bits per heavy atom. The third-order valence-electron chi connectivity index (χ3n) is 14.4. The molecular formula is C48H49F2N9O6. The van der Waals surface area contributed by atoms with Gasteiger partial charge in [0.05, 0.1) is 61.7 Å². The Bertz CT molecular complexity index is 2810. The Labute approximate surface area is 373 Å². The topological polar surface area (TPSA) is 198 Å². The highest BCUT2D eigenvalue weighted by Gasteiger charge is 2.56. The van der Waals surface area contributed by atoms with Crippen LogP contribution in [0.15, 0.2) is 60.8 Å². The van der Waals surface area contributed by atoms with E-state index in [0.717, 1.165) is 32.1 Å². The number of hydrogen-bond acceptors (Lipinski definition) is 9. The number of rotatable bonds is 10. The number of aromatic amines is 2. The molecule has 4 N–H and O–H groups in total. The first-order chi connectivity index (χ1) is 31.2. The second-order valence-electron chi connectivity index (χ2n) is 18.6. The number of aromatic nitrogens is 4. The number of hydrogen-bond donors (Lipinski definition) is 4. The van der Waals surface area contributed by atoms with Crippen LogP contribution in [-0.4, -0.2) is 92.6 Å². The van der Waals surface area contributed by atoms with Crippen LogP contribution in [-0.2, 0) is 25.0 Å². The molecule has 2 aromatic heterocycles. The average molecular weight is 886 g/mol. The van der Waals surface area contributed by atoms with Crippen molar-refractivity contribution in [2.45, 2.75) is 94.9 Å². The number of nitrogens with zero attached hydrogens (tertiary/aromatic N) is 5. The average Bonchev–Trinajstić information content (AvgIpc) is 3.96. The van der Waals surface area contributed by atoms with Crippen LogP contribution in [0.5, 0.6) is 0 Å². The van der Waals surface area contributed by atoms with Crippen molar-refractivity contribution in [3.63, 3.8) is 0 Å². The normalized spacial score (nSPS) is 22.7. The van der Waals surface area contributed by atoms with E-state index in [1.165, 1.54) is 20.3 Å². The van der Waals surface area contributed by atoms with E-state index in [9.17, 15) is 24.4 Å². The summed E-state index contributed by atoms with van der Waals surface area (Å²) in [5.41, 5.74) is 4.42. The molecule has 10 rings (SSSR count). The number of nitrogens with one attached hydrogen (secondary N) is 4. The summed E-state index contributed by atoms with van der Waals surface area (Å²) in [5, 5.41) is 14.6. The Morgan fingerprint density at radius 3 is 2.26 bits per heavy atom. The lowest BCUT2D eigenvalue weighted by Gasteiger charge is -2.36. The van der Waals surface area contributed by atoms with E-state index in [0.29, 0.717) is 69.2 Å². The van der Waals surface area contributed by atoms with Gasteiger partial charge in [-0.05, 0) is 102 Å². The van der Waals surface area contributed by atoms with Crippen molar-refractivity contribution in [1.29, 1.82) is 5.26 Å². The lowest BCUT2D eigenvalue weighted by atomic mass is 9.97. The largest absolute Gasteiger partial charge is 0.453 e. The van der Waals surface area contributed by atoms with E-state index in [1.807, 2.05) is 44.2 Å². The van der Waals surface area contributed by atoms with Gasteiger partial charge in [0.2, 0.25) is 11.8 Å². The Kier molecular flexibility index (Phi) is 10.2. The molecule has 4 heterocycles. The number of halogens is 2. The van der Waals surface area contributed by atoms with Crippen molar-refractivity contribution < 1.29 is 37.4 Å². The van der Waals surface area contributed by atoms with Crippen LogP contribution < -0.4 is 10.6 Å². The fraction of sp³-hybridized carbons (Fsp3) is 0.438. The van der Waals surface area contributed by atoms with Gasteiger partial charge in [0, 0.05) is 29.3 Å². The molecular weight excluding hydrogens is 837 g/mol. The van der Waals surface area contributed by atoms with Gasteiger partial charge in [-0.1, -0.05) is 44.2 Å². The highest BCUT2D eigenvalue weighted by Crippen LogP contribution is 2.59. The lowest BCUT2D eigenvalue weighted by Crippen LogP contribution is -2.51. The summed E-state index contributed by atoms with van der Waals surface area (Å²) in [6.45, 7) is 4.28. The number of carbonyl (C=O) groups is 4. The Morgan fingerprint density at radius 1 is 0.892 bits per heavy atom. The van der Waals surface area contributed by atoms with E-state index in [4.69, 9.17) is 14.5 Å². The van der Waals surface area contributed by atoms with E-state index < -0.39 is 30.2 Å². The van der Waals surface area contributed by atoms with Crippen LogP contribution in [0.3, 0.4) is 0 Å². The minimum absolute atomic E-state index is 0.00269. The predicted molar refractivity (Wildman–Crippen MR) is 233 cm³/mol. The number of fused-ring (bicyclic) bond motifs is 6. The van der Waals surface area contributed by atoms with Crippen molar-refractivity contribution in [3.05, 3.63) is 83.6 Å². The van der Waals surface area contributed by atoms with E-state index >= 15 is 8.78 Å². The van der Waals surface area contributed by atoms with Gasteiger partial charge in [-0.2, -0.15) is 14.0 Å².